The van der Waals surface area contributed by atoms with Gasteiger partial charge in [0.25, 0.3) is 0 Å². The van der Waals surface area contributed by atoms with Gasteiger partial charge in [-0.05, 0) is 380 Å². The van der Waals surface area contributed by atoms with E-state index in [-0.39, 0.29) is 41.6 Å². The van der Waals surface area contributed by atoms with Crippen molar-refractivity contribution in [3.63, 3.8) is 0 Å². The van der Waals surface area contributed by atoms with Crippen LogP contribution in [0.4, 0.5) is 0 Å². The van der Waals surface area contributed by atoms with Crippen LogP contribution in [0.1, 0.15) is 423 Å². The summed E-state index contributed by atoms with van der Waals surface area (Å²) in [7, 11) is -1.77. The molecule has 0 aliphatic heterocycles. The van der Waals surface area contributed by atoms with Crippen molar-refractivity contribution in [3.8, 4) is 34.5 Å². The Morgan fingerprint density at radius 2 is 0.252 bits per heavy atom. The van der Waals surface area contributed by atoms with Crippen molar-refractivity contribution in [3.05, 3.63) is 140 Å². The van der Waals surface area contributed by atoms with Crippen LogP contribution in [0.5, 0.6) is 34.5 Å². The van der Waals surface area contributed by atoms with Crippen molar-refractivity contribution >= 4 is 47.7 Å². The summed E-state index contributed by atoms with van der Waals surface area (Å²) in [5, 5.41) is 8.92. The molecule has 0 aliphatic rings. The minimum Gasteiger partial charge on any atom is -1.00 e. The first kappa shape index (κ1) is 111. The maximum Gasteiger partial charge on any atom is 2.00 e. The fourth-order valence-electron chi connectivity index (χ4n) is 15.7. The molecule has 0 aliphatic carbocycles. The molecule has 0 heterocycles. The summed E-state index contributed by atoms with van der Waals surface area (Å²) in [6.45, 7) is 46.3. The number of hydrogen-bond acceptors (Lipinski definition) is 6. The SMILES string of the molecule is CCCCOc1c(CCCC)cc(P(c2cc(CCCC)c(OCCCC)c(CCCC)c2)c2cc(CCCC)c(OCCCC)c(CCCC)c2)cc1CCCC.CCCCOc1c(CCCC)cc(P(c2cc(CCCC)c(OCCCC)c(CCCC)c2)c2cc(CCCC)c(OCCCC)c(CCCC)c2)cc1CCCC.[Cl-].[Cl-].[Co+2]. The van der Waals surface area contributed by atoms with E-state index < -0.39 is 15.8 Å². The van der Waals surface area contributed by atoms with Gasteiger partial charge in [-0.15, -0.1) is 0 Å². The number of halogens is 2. The van der Waals surface area contributed by atoms with E-state index >= 15 is 0 Å². The van der Waals surface area contributed by atoms with Crippen molar-refractivity contribution in [2.24, 2.45) is 0 Å². The second-order valence-electron chi connectivity index (χ2n) is 33.7. The van der Waals surface area contributed by atoms with Crippen molar-refractivity contribution in [1.29, 1.82) is 0 Å². The van der Waals surface area contributed by atoms with Crippen molar-refractivity contribution in [2.75, 3.05) is 39.6 Å². The largest absolute Gasteiger partial charge is 2.00 e. The second-order valence-corrected chi connectivity index (χ2v) is 38.1. The van der Waals surface area contributed by atoms with E-state index in [1.807, 2.05) is 0 Å². The van der Waals surface area contributed by atoms with Crippen molar-refractivity contribution in [1.82, 2.24) is 0 Å². The van der Waals surface area contributed by atoms with Gasteiger partial charge in [0.05, 0.1) is 39.6 Å². The summed E-state index contributed by atoms with van der Waals surface area (Å²) in [4.78, 5) is 0. The van der Waals surface area contributed by atoms with Crippen molar-refractivity contribution in [2.45, 2.75) is 433 Å². The Balaban J connectivity index is 0.000000787. The Kier molecular flexibility index (Phi) is 63.8. The molecule has 6 aromatic rings. The number of ether oxygens (including phenoxy) is 6. The zero-order valence-electron chi connectivity index (χ0n) is 79.5. The van der Waals surface area contributed by atoms with Gasteiger partial charge in [0.15, 0.2) is 0 Å². The van der Waals surface area contributed by atoms with E-state index in [1.54, 1.807) is 0 Å². The molecule has 0 aromatic heterocycles. The molecule has 6 aromatic carbocycles. The molecule has 675 valence electrons. The fraction of sp³-hybridized carbons (Fsp3) is 0.667. The molecule has 0 bridgehead atoms. The van der Waals surface area contributed by atoms with Crippen LogP contribution in [0.2, 0.25) is 0 Å². The van der Waals surface area contributed by atoms with E-state index in [2.05, 4.69) is 197 Å². The summed E-state index contributed by atoms with van der Waals surface area (Å²) in [5.41, 5.74) is 17.0. The normalized spacial score (nSPS) is 11.2. The molecular weight excluding hydrogens is 1580 g/mol. The summed E-state index contributed by atoms with van der Waals surface area (Å²) in [6, 6.07) is 31.2. The number of benzene rings is 6. The summed E-state index contributed by atoms with van der Waals surface area (Å²) in [5.74, 6) is 7.13. The Morgan fingerprint density at radius 3 is 0.336 bits per heavy atom. The molecule has 0 atom stereocenters. The van der Waals surface area contributed by atoms with Gasteiger partial charge < -0.3 is 53.2 Å². The number of hydrogen-bond donors (Lipinski definition) is 0. The van der Waals surface area contributed by atoms with Gasteiger partial charge in [0, 0.05) is 0 Å². The maximum absolute atomic E-state index is 6.80. The summed E-state index contributed by atoms with van der Waals surface area (Å²) < 4.78 is 40.8. The van der Waals surface area contributed by atoms with Gasteiger partial charge in [-0.3, -0.25) is 0 Å². The number of unbranched alkanes of at least 4 members (excludes halogenated alkanes) is 18. The van der Waals surface area contributed by atoms with Crippen LogP contribution in [-0.4, -0.2) is 39.6 Å². The molecule has 6 rings (SSSR count). The zero-order chi connectivity index (χ0) is 83.9. The number of rotatable bonds is 66. The molecule has 11 heteroatoms. The van der Waals surface area contributed by atoms with E-state index in [0.717, 1.165) is 194 Å². The van der Waals surface area contributed by atoms with Crippen LogP contribution in [0, 0.1) is 0 Å². The van der Waals surface area contributed by atoms with Crippen molar-refractivity contribution < 1.29 is 70.0 Å². The van der Waals surface area contributed by atoms with Crippen LogP contribution in [0.25, 0.3) is 0 Å². The predicted octanol–water partition coefficient (Wildman–Crippen LogP) is 24.1. The van der Waals surface area contributed by atoms with Gasteiger partial charge in [-0.2, -0.15) is 0 Å². The van der Waals surface area contributed by atoms with Gasteiger partial charge in [0.1, 0.15) is 34.5 Å². The topological polar surface area (TPSA) is 55.4 Å². The fourth-order valence-corrected chi connectivity index (χ4v) is 21.0. The minimum atomic E-state index is -0.885. The maximum atomic E-state index is 6.80. The van der Waals surface area contributed by atoms with Gasteiger partial charge >= 0.3 is 16.8 Å². The standard InChI is InChI=1S/2C54H87O3P.2ClH.Co/c2*1-10-19-28-43-37-49(38-44(29-20-11-2)52(43)55-34-25-16-7)58(50-39-45(30-21-12-3)53(56-35-26-17-8)46(40-50)31-22-13-4)51-41-47(32-23-14-5)54(57-36-27-18-9)48(42-51)33-24-15-6;;;/h2*37-42H,10-36H2,1-9H3;2*1H;/q;;;;+2/p-2. The first-order chi connectivity index (χ1) is 56.9. The smallest absolute Gasteiger partial charge is 1.00 e. The average Bonchev–Trinajstić information content (AvgIpc) is 0.766. The third-order valence-corrected chi connectivity index (χ3v) is 27.6. The Bertz CT molecular complexity index is 2830. The van der Waals surface area contributed by atoms with Gasteiger partial charge in [-0.1, -0.05) is 240 Å². The van der Waals surface area contributed by atoms with Crippen LogP contribution in [0.3, 0.4) is 0 Å². The van der Waals surface area contributed by atoms with Gasteiger partial charge in [-0.25, -0.2) is 0 Å². The van der Waals surface area contributed by atoms with Crippen LogP contribution in [0.15, 0.2) is 72.8 Å². The van der Waals surface area contributed by atoms with E-state index in [1.165, 1.54) is 287 Å². The molecule has 0 amide bonds. The number of aryl methyl sites for hydroxylation is 12. The Labute approximate surface area is 758 Å². The molecule has 1 radical (unpaired) electrons. The molecule has 0 saturated heterocycles. The Morgan fingerprint density at radius 1 is 0.160 bits per heavy atom. The molecule has 0 spiro atoms. The third kappa shape index (κ3) is 38.0. The first-order valence-corrected chi connectivity index (χ1v) is 51.9. The second kappa shape index (κ2) is 68.3. The van der Waals surface area contributed by atoms with Crippen LogP contribution in [-0.2, 0) is 93.8 Å². The molecule has 0 fully saturated rings. The van der Waals surface area contributed by atoms with Crippen LogP contribution >= 0.6 is 15.8 Å². The summed E-state index contributed by atoms with van der Waals surface area (Å²) >= 11 is 0. The molecule has 6 nitrogen and oxygen atoms in total. The molecule has 0 saturated carbocycles. The van der Waals surface area contributed by atoms with E-state index in [9.17, 15) is 0 Å². The zero-order valence-corrected chi connectivity index (χ0v) is 83.9. The van der Waals surface area contributed by atoms with Crippen LogP contribution < -0.4 is 85.1 Å². The predicted molar refractivity (Wildman–Crippen MR) is 516 cm³/mol. The quantitative estimate of drug-likeness (QED) is 0.0280. The molecule has 0 N–H and O–H groups in total. The third-order valence-electron chi connectivity index (χ3n) is 23.0. The minimum absolute atomic E-state index is 0. The Hall–Kier alpha value is -3.93. The molecule has 0 unspecified atom stereocenters. The summed E-state index contributed by atoms with van der Waals surface area (Å²) in [6.07, 6.45) is 54.5. The van der Waals surface area contributed by atoms with E-state index in [4.69, 9.17) is 28.4 Å². The monoisotopic (exact) mass is 1760 g/mol. The molecular formula is C108H174Cl2CoO6P2. The average molecular weight is 1760 g/mol. The first-order valence-electron chi connectivity index (χ1n) is 49.2. The van der Waals surface area contributed by atoms with Gasteiger partial charge in [0.2, 0.25) is 0 Å². The molecule has 119 heavy (non-hydrogen) atoms. The van der Waals surface area contributed by atoms with E-state index in [0.29, 0.717) is 0 Å².